The monoisotopic (exact) mass is 451 g/mol. The number of ether oxygens (including phenoxy) is 1. The molecule has 4 rings (SSSR count). The van der Waals surface area contributed by atoms with E-state index in [1.54, 1.807) is 4.90 Å². The molecule has 178 valence electrons. The smallest absolute Gasteiger partial charge is 0.410 e. The first-order chi connectivity index (χ1) is 15.5. The van der Waals surface area contributed by atoms with E-state index in [1.165, 1.54) is 11.3 Å². The van der Waals surface area contributed by atoms with Gasteiger partial charge in [0.15, 0.2) is 0 Å². The predicted molar refractivity (Wildman–Crippen MR) is 130 cm³/mol. The summed E-state index contributed by atoms with van der Waals surface area (Å²) in [5.74, 6) is 0.215. The van der Waals surface area contributed by atoms with Gasteiger partial charge in [0.1, 0.15) is 5.60 Å². The molecule has 2 aromatic rings. The van der Waals surface area contributed by atoms with Crippen LogP contribution in [0.5, 0.6) is 0 Å². The summed E-state index contributed by atoms with van der Waals surface area (Å²) in [7, 11) is 0. The van der Waals surface area contributed by atoms with Crippen molar-refractivity contribution in [3.63, 3.8) is 0 Å². The lowest BCUT2D eigenvalue weighted by Gasteiger charge is -2.37. The Balaban J connectivity index is 1.88. The van der Waals surface area contributed by atoms with Gasteiger partial charge in [-0.15, -0.1) is 0 Å². The highest BCUT2D eigenvalue weighted by molar-refractivity contribution is 5.86. The van der Waals surface area contributed by atoms with Gasteiger partial charge in [0.2, 0.25) is 5.91 Å². The molecule has 0 fully saturated rings. The third-order valence-electron chi connectivity index (χ3n) is 6.83. The summed E-state index contributed by atoms with van der Waals surface area (Å²) in [6.45, 7) is 15.1. The first-order valence-corrected chi connectivity index (χ1v) is 12.2. The molecule has 0 bridgehead atoms. The summed E-state index contributed by atoms with van der Waals surface area (Å²) in [5.41, 5.74) is 6.44. The Bertz CT molecular complexity index is 1060. The van der Waals surface area contributed by atoms with Crippen molar-refractivity contribution >= 4 is 12.0 Å². The maximum Gasteiger partial charge on any atom is 0.410 e. The minimum Gasteiger partial charge on any atom is -0.444 e. The molecule has 1 N–H and O–H groups in total. The maximum absolute atomic E-state index is 13.1. The Hall–Kier alpha value is -2.76. The zero-order chi connectivity index (χ0) is 24.1. The van der Waals surface area contributed by atoms with Gasteiger partial charge in [-0.3, -0.25) is 9.69 Å². The average molecular weight is 452 g/mol. The van der Waals surface area contributed by atoms with E-state index >= 15 is 0 Å². The van der Waals surface area contributed by atoms with Gasteiger partial charge in [-0.05, 0) is 63.3 Å². The van der Waals surface area contributed by atoms with Crippen molar-refractivity contribution in [2.24, 2.45) is 0 Å². The molecule has 2 aliphatic rings. The van der Waals surface area contributed by atoms with Crippen molar-refractivity contribution in [3.05, 3.63) is 52.3 Å². The van der Waals surface area contributed by atoms with Crippen molar-refractivity contribution in [2.45, 2.75) is 84.8 Å². The van der Waals surface area contributed by atoms with Crippen LogP contribution >= 0.6 is 0 Å². The molecular weight excluding hydrogens is 414 g/mol. The number of carbonyl (C=O) groups excluding carboxylic acids is 2. The summed E-state index contributed by atoms with van der Waals surface area (Å²) < 4.78 is 8.08. The Morgan fingerprint density at radius 2 is 1.85 bits per heavy atom. The maximum atomic E-state index is 13.1. The highest BCUT2D eigenvalue weighted by Gasteiger charge is 2.42. The van der Waals surface area contributed by atoms with Crippen molar-refractivity contribution in [1.29, 1.82) is 0 Å². The quantitative estimate of drug-likeness (QED) is 0.695. The second-order valence-corrected chi connectivity index (χ2v) is 10.6. The fourth-order valence-electron chi connectivity index (χ4n) is 5.26. The summed E-state index contributed by atoms with van der Waals surface area (Å²) in [6.07, 6.45) is 1.22. The van der Waals surface area contributed by atoms with Crippen molar-refractivity contribution in [3.8, 4) is 5.69 Å². The van der Waals surface area contributed by atoms with E-state index in [0.29, 0.717) is 19.0 Å². The topological polar surface area (TPSA) is 63.6 Å². The molecule has 2 atom stereocenters. The fourth-order valence-corrected chi connectivity index (χ4v) is 5.26. The molecule has 33 heavy (non-hydrogen) atoms. The van der Waals surface area contributed by atoms with Gasteiger partial charge in [-0.2, -0.15) is 0 Å². The summed E-state index contributed by atoms with van der Waals surface area (Å²) in [6, 6.07) is 8.53. The van der Waals surface area contributed by atoms with E-state index in [9.17, 15) is 9.59 Å². The number of nitrogens with zero attached hydrogens (tertiary/aromatic N) is 2. The highest BCUT2D eigenvalue weighted by atomic mass is 16.6. The zero-order valence-corrected chi connectivity index (χ0v) is 21.0. The molecule has 0 saturated heterocycles. The van der Waals surface area contributed by atoms with Crippen LogP contribution in [-0.4, -0.2) is 40.2 Å². The average Bonchev–Trinajstić information content (AvgIpc) is 3.03. The van der Waals surface area contributed by atoms with E-state index in [4.69, 9.17) is 4.74 Å². The molecule has 1 aromatic carbocycles. The van der Waals surface area contributed by atoms with Crippen LogP contribution < -0.4 is 5.32 Å². The normalized spacial score (nSPS) is 20.4. The summed E-state index contributed by atoms with van der Waals surface area (Å²) in [4.78, 5) is 27.9. The van der Waals surface area contributed by atoms with E-state index in [0.717, 1.165) is 35.3 Å². The third-order valence-corrected chi connectivity index (χ3v) is 6.83. The lowest BCUT2D eigenvalue weighted by Crippen LogP contribution is -2.46. The van der Waals surface area contributed by atoms with Gasteiger partial charge in [0, 0.05) is 42.1 Å². The van der Waals surface area contributed by atoms with Gasteiger partial charge in [0.25, 0.3) is 0 Å². The molecule has 0 spiro atoms. The molecule has 6 nitrogen and oxygen atoms in total. The van der Waals surface area contributed by atoms with Crippen LogP contribution in [0.2, 0.25) is 0 Å². The Morgan fingerprint density at radius 3 is 2.42 bits per heavy atom. The standard InChI is InChI=1S/C27H37N3O3/c1-8-20-23-17(4)25(31)28-15-22-24(23)21(13-14-29(22)26(32)33-27(5,6)7)30(20)19-11-9-18(10-12-19)16(2)3/h9-12,16-17,22H,8,13-15H2,1-7H3,(H,28,31). The molecule has 0 aliphatic carbocycles. The number of amides is 2. The van der Waals surface area contributed by atoms with Crippen LogP contribution in [0.15, 0.2) is 24.3 Å². The van der Waals surface area contributed by atoms with E-state index in [2.05, 4.69) is 54.9 Å². The van der Waals surface area contributed by atoms with E-state index in [-0.39, 0.29) is 24.0 Å². The van der Waals surface area contributed by atoms with Crippen LogP contribution in [-0.2, 0) is 22.4 Å². The minimum absolute atomic E-state index is 0.0124. The van der Waals surface area contributed by atoms with E-state index in [1.807, 2.05) is 27.7 Å². The number of nitrogens with one attached hydrogen (secondary N) is 1. The largest absolute Gasteiger partial charge is 0.444 e. The lowest BCUT2D eigenvalue weighted by atomic mass is 9.89. The number of carbonyl (C=O) groups is 2. The van der Waals surface area contributed by atoms with Crippen molar-refractivity contribution < 1.29 is 14.3 Å². The van der Waals surface area contributed by atoms with Crippen LogP contribution in [0.3, 0.4) is 0 Å². The number of aromatic nitrogens is 1. The molecule has 2 amide bonds. The Kier molecular flexibility index (Phi) is 6.06. The number of hydrogen-bond donors (Lipinski definition) is 1. The molecule has 3 heterocycles. The minimum atomic E-state index is -0.569. The molecule has 2 unspecified atom stereocenters. The molecule has 1 aromatic heterocycles. The molecule has 2 aliphatic heterocycles. The van der Waals surface area contributed by atoms with Gasteiger partial charge >= 0.3 is 6.09 Å². The molecule has 0 saturated carbocycles. The summed E-state index contributed by atoms with van der Waals surface area (Å²) in [5, 5.41) is 3.07. The SMILES string of the molecule is CCc1c2c3c(n1-c1ccc(C(C)C)cc1)CCN(C(=O)OC(C)(C)C)C3CNC(=O)C2C. The van der Waals surface area contributed by atoms with Crippen LogP contribution in [0, 0.1) is 0 Å². The Morgan fingerprint density at radius 1 is 1.18 bits per heavy atom. The van der Waals surface area contributed by atoms with Gasteiger partial charge in [0.05, 0.1) is 12.0 Å². The van der Waals surface area contributed by atoms with E-state index < -0.39 is 5.60 Å². The first-order valence-electron chi connectivity index (χ1n) is 12.2. The highest BCUT2D eigenvalue weighted by Crippen LogP contribution is 2.43. The number of benzene rings is 1. The zero-order valence-electron chi connectivity index (χ0n) is 21.0. The predicted octanol–water partition coefficient (Wildman–Crippen LogP) is 5.23. The van der Waals surface area contributed by atoms with Gasteiger partial charge < -0.3 is 14.6 Å². The van der Waals surface area contributed by atoms with Gasteiger partial charge in [-0.1, -0.05) is 32.9 Å². The van der Waals surface area contributed by atoms with Gasteiger partial charge in [-0.25, -0.2) is 4.79 Å². The fraction of sp³-hybridized carbons (Fsp3) is 0.556. The van der Waals surface area contributed by atoms with Crippen LogP contribution in [0.25, 0.3) is 5.69 Å². The third kappa shape index (κ3) is 4.16. The first kappa shape index (κ1) is 23.4. The van der Waals surface area contributed by atoms with Crippen LogP contribution in [0.1, 0.15) is 94.4 Å². The molecular formula is C27H37N3O3. The summed E-state index contributed by atoms with van der Waals surface area (Å²) >= 11 is 0. The second-order valence-electron chi connectivity index (χ2n) is 10.6. The molecule has 6 heteroatoms. The lowest BCUT2D eigenvalue weighted by molar-refractivity contribution is -0.122. The van der Waals surface area contributed by atoms with Crippen molar-refractivity contribution in [1.82, 2.24) is 14.8 Å². The number of rotatable bonds is 3. The number of hydrogen-bond acceptors (Lipinski definition) is 3. The Labute approximate surface area is 197 Å². The molecule has 0 radical (unpaired) electrons. The van der Waals surface area contributed by atoms with Crippen LogP contribution in [0.4, 0.5) is 4.79 Å². The van der Waals surface area contributed by atoms with Crippen molar-refractivity contribution in [2.75, 3.05) is 13.1 Å². The second kappa shape index (κ2) is 8.54.